The third kappa shape index (κ3) is 3.03. The molecule has 4 nitrogen and oxygen atoms in total. The second kappa shape index (κ2) is 6.18. The number of ketones is 1. The molecule has 0 aliphatic carbocycles. The molecular weight excluding hydrogens is 293 g/mol. The van der Waals surface area contributed by atoms with Gasteiger partial charge in [-0.25, -0.2) is 9.07 Å². The molecule has 0 aliphatic rings. The molecule has 2 aromatic rings. The van der Waals surface area contributed by atoms with Crippen molar-refractivity contribution in [3.63, 3.8) is 0 Å². The minimum atomic E-state index is -0.364. The number of hydrogen-bond acceptors (Lipinski definition) is 3. The molecule has 1 aromatic carbocycles. The highest BCUT2D eigenvalue weighted by Crippen LogP contribution is 2.22. The lowest BCUT2D eigenvalue weighted by atomic mass is 10.0. The largest absolute Gasteiger partial charge is 0.308 e. The van der Waals surface area contributed by atoms with Gasteiger partial charge in [-0.3, -0.25) is 4.79 Å². The first-order valence-corrected chi connectivity index (χ1v) is 6.88. The predicted octanol–water partition coefficient (Wildman–Crippen LogP) is 3.56. The van der Waals surface area contributed by atoms with Crippen LogP contribution in [0, 0.1) is 17.1 Å². The first kappa shape index (κ1) is 15.4. The van der Waals surface area contributed by atoms with Crippen LogP contribution in [-0.4, -0.2) is 21.8 Å². The van der Waals surface area contributed by atoms with Gasteiger partial charge < -0.3 is 5.41 Å². The van der Waals surface area contributed by atoms with Gasteiger partial charge in [0.1, 0.15) is 16.7 Å². The molecule has 110 valence electrons. The molecule has 1 aromatic heterocycles. The first-order chi connectivity index (χ1) is 9.95. The second-order valence-electron chi connectivity index (χ2n) is 4.97. The van der Waals surface area contributed by atoms with Crippen LogP contribution in [0.25, 0.3) is 0 Å². The molecule has 0 saturated carbocycles. The molecule has 0 radical (unpaired) electrons. The average Bonchev–Trinajstić information content (AvgIpc) is 2.77. The van der Waals surface area contributed by atoms with Gasteiger partial charge in [0.05, 0.1) is 12.1 Å². The third-order valence-corrected chi connectivity index (χ3v) is 3.50. The number of aromatic nitrogens is 2. The molecule has 0 unspecified atom stereocenters. The SMILES string of the molecule is CC(C)C(=O)c1nn(Cc2ccccc2F)c(Cl)c1C=N. The van der Waals surface area contributed by atoms with E-state index in [2.05, 4.69) is 5.10 Å². The van der Waals surface area contributed by atoms with Crippen LogP contribution < -0.4 is 0 Å². The number of carbonyl (C=O) groups excluding carboxylic acids is 1. The topological polar surface area (TPSA) is 58.7 Å². The standard InChI is InChI=1S/C15H15ClFN3O/c1-9(2)14(21)13-11(7-18)15(16)20(19-13)8-10-5-3-4-6-12(10)17/h3-7,9,18H,8H2,1-2H3. The van der Waals surface area contributed by atoms with Crippen molar-refractivity contribution >= 4 is 23.6 Å². The van der Waals surface area contributed by atoms with Gasteiger partial charge in [-0.1, -0.05) is 43.6 Å². The number of benzene rings is 1. The van der Waals surface area contributed by atoms with Crippen LogP contribution in [0.15, 0.2) is 24.3 Å². The molecule has 2 rings (SSSR count). The first-order valence-electron chi connectivity index (χ1n) is 6.50. The molecule has 0 bridgehead atoms. The number of Topliss-reactive ketones (excluding diaryl/α,β-unsaturated/α-hetero) is 1. The molecular formula is C15H15ClFN3O. The van der Waals surface area contributed by atoms with Crippen molar-refractivity contribution in [1.29, 1.82) is 5.41 Å². The lowest BCUT2D eigenvalue weighted by Crippen LogP contribution is -2.11. The van der Waals surface area contributed by atoms with E-state index in [1.807, 2.05) is 0 Å². The minimum Gasteiger partial charge on any atom is -0.308 e. The highest BCUT2D eigenvalue weighted by molar-refractivity contribution is 6.33. The Hall–Kier alpha value is -2.01. The van der Waals surface area contributed by atoms with Gasteiger partial charge >= 0.3 is 0 Å². The number of rotatable bonds is 5. The quantitative estimate of drug-likeness (QED) is 0.678. The van der Waals surface area contributed by atoms with Crippen LogP contribution in [0.5, 0.6) is 0 Å². The number of hydrogen-bond donors (Lipinski definition) is 1. The fourth-order valence-electron chi connectivity index (χ4n) is 1.93. The number of halogens is 2. The normalized spacial score (nSPS) is 10.9. The van der Waals surface area contributed by atoms with Crippen LogP contribution in [0.4, 0.5) is 4.39 Å². The van der Waals surface area contributed by atoms with Gasteiger partial charge in [0, 0.05) is 17.7 Å². The molecule has 0 aliphatic heterocycles. The van der Waals surface area contributed by atoms with Crippen molar-refractivity contribution in [2.75, 3.05) is 0 Å². The highest BCUT2D eigenvalue weighted by atomic mass is 35.5. The maximum Gasteiger partial charge on any atom is 0.186 e. The Bertz CT molecular complexity index is 694. The third-order valence-electron chi connectivity index (χ3n) is 3.10. The molecule has 0 atom stereocenters. The average molecular weight is 308 g/mol. The Morgan fingerprint density at radius 2 is 2.14 bits per heavy atom. The maximum absolute atomic E-state index is 13.7. The Morgan fingerprint density at radius 1 is 1.48 bits per heavy atom. The molecule has 0 spiro atoms. The summed E-state index contributed by atoms with van der Waals surface area (Å²) in [5, 5.41) is 11.7. The molecule has 1 N–H and O–H groups in total. The summed E-state index contributed by atoms with van der Waals surface area (Å²) in [6, 6.07) is 6.29. The molecule has 0 saturated heterocycles. The molecule has 0 amide bonds. The molecule has 6 heteroatoms. The summed E-state index contributed by atoms with van der Waals surface area (Å²) in [7, 11) is 0. The Labute approximate surface area is 127 Å². The zero-order chi connectivity index (χ0) is 15.6. The van der Waals surface area contributed by atoms with Gasteiger partial charge in [-0.15, -0.1) is 0 Å². The van der Waals surface area contributed by atoms with E-state index in [0.717, 1.165) is 6.21 Å². The van der Waals surface area contributed by atoms with Crippen molar-refractivity contribution in [3.8, 4) is 0 Å². The van der Waals surface area contributed by atoms with Crippen LogP contribution >= 0.6 is 11.6 Å². The zero-order valence-electron chi connectivity index (χ0n) is 11.7. The van der Waals surface area contributed by atoms with Crippen molar-refractivity contribution in [3.05, 3.63) is 52.1 Å². The summed E-state index contributed by atoms with van der Waals surface area (Å²) in [5.41, 5.74) is 0.843. The smallest absolute Gasteiger partial charge is 0.186 e. The van der Waals surface area contributed by atoms with Crippen LogP contribution in [0.2, 0.25) is 5.15 Å². The van der Waals surface area contributed by atoms with Crippen molar-refractivity contribution < 1.29 is 9.18 Å². The molecule has 0 fully saturated rings. The van der Waals surface area contributed by atoms with Gasteiger partial charge in [-0.05, 0) is 6.07 Å². The summed E-state index contributed by atoms with van der Waals surface area (Å²) in [6.45, 7) is 3.61. The maximum atomic E-state index is 13.7. The van der Waals surface area contributed by atoms with Gasteiger partial charge in [0.15, 0.2) is 5.78 Å². The monoisotopic (exact) mass is 307 g/mol. The number of nitrogens with zero attached hydrogens (tertiary/aromatic N) is 2. The van der Waals surface area contributed by atoms with Crippen molar-refractivity contribution in [1.82, 2.24) is 9.78 Å². The van der Waals surface area contributed by atoms with Crippen molar-refractivity contribution in [2.24, 2.45) is 5.92 Å². The number of carbonyl (C=O) groups is 1. The van der Waals surface area contributed by atoms with Crippen molar-refractivity contribution in [2.45, 2.75) is 20.4 Å². The van der Waals surface area contributed by atoms with E-state index in [1.54, 1.807) is 32.0 Å². The Kier molecular flexibility index (Phi) is 4.53. The van der Waals surface area contributed by atoms with E-state index in [0.29, 0.717) is 5.56 Å². The van der Waals surface area contributed by atoms with E-state index < -0.39 is 0 Å². The van der Waals surface area contributed by atoms with E-state index >= 15 is 0 Å². The minimum absolute atomic E-state index is 0.109. The molecule has 21 heavy (non-hydrogen) atoms. The van der Waals surface area contributed by atoms with Crippen LogP contribution in [-0.2, 0) is 6.54 Å². The van der Waals surface area contributed by atoms with Gasteiger partial charge in [0.2, 0.25) is 0 Å². The van der Waals surface area contributed by atoms with E-state index in [-0.39, 0.29) is 40.5 Å². The molecule has 1 heterocycles. The summed E-state index contributed by atoms with van der Waals surface area (Å²) < 4.78 is 15.0. The summed E-state index contributed by atoms with van der Waals surface area (Å²) >= 11 is 6.16. The summed E-state index contributed by atoms with van der Waals surface area (Å²) in [5.74, 6) is -0.809. The van der Waals surface area contributed by atoms with E-state index in [4.69, 9.17) is 17.0 Å². The zero-order valence-corrected chi connectivity index (χ0v) is 12.5. The predicted molar refractivity (Wildman–Crippen MR) is 79.8 cm³/mol. The number of nitrogens with one attached hydrogen (secondary N) is 1. The fourth-order valence-corrected chi connectivity index (χ4v) is 2.17. The van der Waals surface area contributed by atoms with Crippen LogP contribution in [0.1, 0.15) is 35.5 Å². The lowest BCUT2D eigenvalue weighted by molar-refractivity contribution is 0.0933. The second-order valence-corrected chi connectivity index (χ2v) is 5.32. The van der Waals surface area contributed by atoms with Gasteiger partial charge in [-0.2, -0.15) is 5.10 Å². The van der Waals surface area contributed by atoms with Gasteiger partial charge in [0.25, 0.3) is 0 Å². The van der Waals surface area contributed by atoms with E-state index in [9.17, 15) is 9.18 Å². The fraction of sp³-hybridized carbons (Fsp3) is 0.267. The summed E-state index contributed by atoms with van der Waals surface area (Å²) in [4.78, 5) is 12.1. The lowest BCUT2D eigenvalue weighted by Gasteiger charge is -2.04. The van der Waals surface area contributed by atoms with Crippen LogP contribution in [0.3, 0.4) is 0 Å². The Balaban J connectivity index is 2.44. The Morgan fingerprint density at radius 3 is 2.71 bits per heavy atom. The highest BCUT2D eigenvalue weighted by Gasteiger charge is 2.23. The van der Waals surface area contributed by atoms with E-state index in [1.165, 1.54) is 10.7 Å². The summed E-state index contributed by atoms with van der Waals surface area (Å²) in [6.07, 6.45) is 1.00.